The topological polar surface area (TPSA) is 75.4 Å². The van der Waals surface area contributed by atoms with Gasteiger partial charge in [0.1, 0.15) is 0 Å². The minimum Gasteiger partial charge on any atom is -0.393 e. The third-order valence-corrected chi connectivity index (χ3v) is 3.04. The molecule has 0 saturated carbocycles. The predicted molar refractivity (Wildman–Crippen MR) is 75.0 cm³/mol. The Morgan fingerprint density at radius 1 is 1.42 bits per heavy atom. The average Bonchev–Trinajstić information content (AvgIpc) is 2.30. The predicted octanol–water partition coefficient (Wildman–Crippen LogP) is 2.40. The number of aliphatic hydroxyl groups excluding tert-OH is 1. The van der Waals surface area contributed by atoms with Crippen LogP contribution in [0.15, 0.2) is 18.2 Å². The highest BCUT2D eigenvalue weighted by Crippen LogP contribution is 2.19. The molecule has 2 N–H and O–H groups in total. The number of hydrogen-bond donors (Lipinski definition) is 2. The Kier molecular flexibility index (Phi) is 5.92. The number of aliphatic hydroxyl groups is 1. The van der Waals surface area contributed by atoms with Gasteiger partial charge in [-0.3, -0.25) is 10.1 Å². The zero-order valence-electron chi connectivity index (χ0n) is 11.7. The van der Waals surface area contributed by atoms with Crippen LogP contribution in [0.2, 0.25) is 0 Å². The van der Waals surface area contributed by atoms with E-state index >= 15 is 0 Å². The summed E-state index contributed by atoms with van der Waals surface area (Å²) in [6.45, 7) is 6.97. The average molecular weight is 266 g/mol. The Morgan fingerprint density at radius 2 is 2.11 bits per heavy atom. The molecule has 106 valence electrons. The van der Waals surface area contributed by atoms with E-state index in [2.05, 4.69) is 12.2 Å². The van der Waals surface area contributed by atoms with Gasteiger partial charge < -0.3 is 10.4 Å². The first kappa shape index (κ1) is 15.6. The van der Waals surface area contributed by atoms with E-state index in [1.54, 1.807) is 26.0 Å². The lowest BCUT2D eigenvalue weighted by atomic mass is 10.0. The normalized spacial score (nSPS) is 14.1. The Labute approximate surface area is 113 Å². The number of benzene rings is 1. The molecule has 0 amide bonds. The molecule has 5 nitrogen and oxygen atoms in total. The van der Waals surface area contributed by atoms with Crippen molar-refractivity contribution < 1.29 is 10.0 Å². The second-order valence-corrected chi connectivity index (χ2v) is 5.20. The van der Waals surface area contributed by atoms with E-state index in [1.807, 2.05) is 6.07 Å². The molecule has 1 aromatic rings. The summed E-state index contributed by atoms with van der Waals surface area (Å²) in [7, 11) is 0. The van der Waals surface area contributed by atoms with E-state index in [9.17, 15) is 15.2 Å². The molecule has 0 aliphatic heterocycles. The van der Waals surface area contributed by atoms with Crippen LogP contribution in [0.5, 0.6) is 0 Å². The fraction of sp³-hybridized carbons (Fsp3) is 0.571. The molecular formula is C14H22N2O3. The van der Waals surface area contributed by atoms with Crippen molar-refractivity contribution in [3.63, 3.8) is 0 Å². The summed E-state index contributed by atoms with van der Waals surface area (Å²) in [4.78, 5) is 10.5. The van der Waals surface area contributed by atoms with Crippen LogP contribution in [-0.2, 0) is 6.54 Å². The molecule has 0 saturated heterocycles. The molecule has 0 aliphatic rings. The molecule has 0 fully saturated rings. The quantitative estimate of drug-likeness (QED) is 0.587. The van der Waals surface area contributed by atoms with E-state index < -0.39 is 0 Å². The number of nitrogens with zero attached hydrogens (tertiary/aromatic N) is 1. The van der Waals surface area contributed by atoms with Crippen LogP contribution in [0.4, 0.5) is 5.69 Å². The number of rotatable bonds is 7. The van der Waals surface area contributed by atoms with E-state index in [1.165, 1.54) is 0 Å². The van der Waals surface area contributed by atoms with E-state index in [-0.39, 0.29) is 16.7 Å². The van der Waals surface area contributed by atoms with Gasteiger partial charge in [-0.1, -0.05) is 19.1 Å². The lowest BCUT2D eigenvalue weighted by Crippen LogP contribution is -2.23. The first-order chi connectivity index (χ1) is 8.90. The first-order valence-corrected chi connectivity index (χ1v) is 6.53. The Bertz CT molecular complexity index is 433. The summed E-state index contributed by atoms with van der Waals surface area (Å²) in [5, 5.41) is 23.4. The molecule has 0 bridgehead atoms. The molecule has 1 rings (SSSR count). The van der Waals surface area contributed by atoms with E-state index in [0.29, 0.717) is 18.0 Å². The summed E-state index contributed by atoms with van der Waals surface area (Å²) in [5.74, 6) is 0.375. The molecule has 0 heterocycles. The van der Waals surface area contributed by atoms with Gasteiger partial charge in [-0.15, -0.1) is 0 Å². The molecule has 19 heavy (non-hydrogen) atoms. The fourth-order valence-corrected chi connectivity index (χ4v) is 2.09. The van der Waals surface area contributed by atoms with Crippen molar-refractivity contribution in [2.45, 2.75) is 39.8 Å². The van der Waals surface area contributed by atoms with Gasteiger partial charge in [-0.2, -0.15) is 0 Å². The highest BCUT2D eigenvalue weighted by atomic mass is 16.6. The Morgan fingerprint density at radius 3 is 2.68 bits per heavy atom. The number of aryl methyl sites for hydroxylation is 1. The van der Waals surface area contributed by atoms with Gasteiger partial charge in [0, 0.05) is 18.2 Å². The minimum atomic E-state index is -0.352. The number of nitro benzene ring substituents is 1. The minimum absolute atomic E-state index is 0.163. The van der Waals surface area contributed by atoms with Crippen molar-refractivity contribution in [2.24, 2.45) is 5.92 Å². The zero-order chi connectivity index (χ0) is 14.4. The van der Waals surface area contributed by atoms with Crippen LogP contribution in [0.1, 0.15) is 31.4 Å². The third-order valence-electron chi connectivity index (χ3n) is 3.04. The number of hydrogen-bond acceptors (Lipinski definition) is 4. The maximum atomic E-state index is 10.8. The molecule has 0 radical (unpaired) electrons. The second-order valence-electron chi connectivity index (χ2n) is 5.20. The van der Waals surface area contributed by atoms with Crippen LogP contribution >= 0.6 is 0 Å². The van der Waals surface area contributed by atoms with Crippen LogP contribution in [-0.4, -0.2) is 22.7 Å². The number of nitrogens with one attached hydrogen (secondary N) is 1. The molecule has 5 heteroatoms. The zero-order valence-corrected chi connectivity index (χ0v) is 11.7. The van der Waals surface area contributed by atoms with Gasteiger partial charge in [0.05, 0.1) is 11.0 Å². The smallest absolute Gasteiger partial charge is 0.272 e. The van der Waals surface area contributed by atoms with Crippen LogP contribution in [0.25, 0.3) is 0 Å². The van der Waals surface area contributed by atoms with E-state index in [4.69, 9.17) is 0 Å². The summed E-state index contributed by atoms with van der Waals surface area (Å²) >= 11 is 0. The highest BCUT2D eigenvalue weighted by Gasteiger charge is 2.11. The van der Waals surface area contributed by atoms with Crippen molar-refractivity contribution in [3.8, 4) is 0 Å². The van der Waals surface area contributed by atoms with Gasteiger partial charge in [-0.25, -0.2) is 0 Å². The van der Waals surface area contributed by atoms with Crippen molar-refractivity contribution in [3.05, 3.63) is 39.4 Å². The lowest BCUT2D eigenvalue weighted by molar-refractivity contribution is -0.385. The van der Waals surface area contributed by atoms with Gasteiger partial charge in [0.2, 0.25) is 0 Å². The molecule has 1 aromatic carbocycles. The van der Waals surface area contributed by atoms with Gasteiger partial charge in [0.15, 0.2) is 0 Å². The summed E-state index contributed by atoms with van der Waals surface area (Å²) in [6.07, 6.45) is 0.457. The molecule has 2 atom stereocenters. The maximum Gasteiger partial charge on any atom is 0.272 e. The summed E-state index contributed by atoms with van der Waals surface area (Å²) in [6, 6.07) is 5.28. The summed E-state index contributed by atoms with van der Waals surface area (Å²) < 4.78 is 0. The van der Waals surface area contributed by atoms with Crippen molar-refractivity contribution in [1.82, 2.24) is 5.32 Å². The largest absolute Gasteiger partial charge is 0.393 e. The maximum absolute atomic E-state index is 10.8. The van der Waals surface area contributed by atoms with Crippen molar-refractivity contribution >= 4 is 5.69 Å². The van der Waals surface area contributed by atoms with Crippen LogP contribution < -0.4 is 5.32 Å². The Hall–Kier alpha value is -1.46. The van der Waals surface area contributed by atoms with Gasteiger partial charge in [0.25, 0.3) is 5.69 Å². The highest BCUT2D eigenvalue weighted by molar-refractivity contribution is 5.42. The third kappa shape index (κ3) is 5.36. The lowest BCUT2D eigenvalue weighted by Gasteiger charge is -2.14. The molecule has 0 spiro atoms. The second kappa shape index (κ2) is 7.21. The van der Waals surface area contributed by atoms with E-state index in [0.717, 1.165) is 18.5 Å². The molecule has 2 unspecified atom stereocenters. The fourth-order valence-electron chi connectivity index (χ4n) is 2.09. The van der Waals surface area contributed by atoms with Crippen LogP contribution in [0.3, 0.4) is 0 Å². The SMILES string of the molecule is Cc1ccc(CNCC(C)CC(C)O)cc1[N+](=O)[O-]. The Balaban J connectivity index is 2.50. The van der Waals surface area contributed by atoms with Gasteiger partial charge >= 0.3 is 0 Å². The molecule has 0 aromatic heterocycles. The number of nitro groups is 1. The van der Waals surface area contributed by atoms with Gasteiger partial charge in [-0.05, 0) is 38.3 Å². The summed E-state index contributed by atoms with van der Waals surface area (Å²) in [5.41, 5.74) is 1.74. The van der Waals surface area contributed by atoms with Crippen LogP contribution in [0, 0.1) is 23.0 Å². The van der Waals surface area contributed by atoms with Crippen molar-refractivity contribution in [1.29, 1.82) is 0 Å². The molecule has 0 aliphatic carbocycles. The monoisotopic (exact) mass is 266 g/mol. The first-order valence-electron chi connectivity index (χ1n) is 6.53. The standard InChI is InChI=1S/C14H22N2O3/c1-10(6-12(3)17)8-15-9-13-5-4-11(2)14(7-13)16(18)19/h4-5,7,10,12,15,17H,6,8-9H2,1-3H3. The molecular weight excluding hydrogens is 244 g/mol. The van der Waals surface area contributed by atoms with Crippen molar-refractivity contribution in [2.75, 3.05) is 6.54 Å².